The van der Waals surface area contributed by atoms with E-state index >= 15 is 0 Å². The monoisotopic (exact) mass is 289 g/mol. The highest BCUT2D eigenvalue weighted by Gasteiger charge is 2.33. The van der Waals surface area contributed by atoms with Crippen LogP contribution in [0.2, 0.25) is 0 Å². The Balaban J connectivity index is 2.14. The van der Waals surface area contributed by atoms with Crippen LogP contribution in [0.4, 0.5) is 5.69 Å². The number of hydrogen-bond acceptors (Lipinski definition) is 4. The minimum Gasteiger partial charge on any atom is -0.258 e. The van der Waals surface area contributed by atoms with E-state index < -0.39 is 20.1 Å². The average molecular weight is 290 g/mol. The van der Waals surface area contributed by atoms with Crippen molar-refractivity contribution in [1.82, 2.24) is 0 Å². The van der Waals surface area contributed by atoms with E-state index in [0.717, 1.165) is 5.56 Å². The fraction of sp³-hybridized carbons (Fsp3) is 0.455. The first kappa shape index (κ1) is 13.3. The van der Waals surface area contributed by atoms with Crippen LogP contribution in [0.5, 0.6) is 0 Å². The zero-order valence-corrected chi connectivity index (χ0v) is 11.0. The van der Waals surface area contributed by atoms with Gasteiger partial charge in [0, 0.05) is 12.1 Å². The van der Waals surface area contributed by atoms with Crippen LogP contribution in [0.1, 0.15) is 17.4 Å². The highest BCUT2D eigenvalue weighted by Crippen LogP contribution is 2.36. The molecule has 1 aliphatic rings. The summed E-state index contributed by atoms with van der Waals surface area (Å²) in [6, 6.07) is 5.93. The summed E-state index contributed by atoms with van der Waals surface area (Å²) >= 11 is 6.24. The minimum absolute atomic E-state index is 0.00154. The van der Waals surface area contributed by atoms with Crippen LogP contribution >= 0.6 is 11.6 Å². The highest BCUT2D eigenvalue weighted by molar-refractivity contribution is 7.91. The lowest BCUT2D eigenvalue weighted by Crippen LogP contribution is -2.10. The highest BCUT2D eigenvalue weighted by atomic mass is 35.5. The SMILES string of the molecule is O=[N+]([O-])c1ccc(C(Cl)C2CCS(=O)(=O)C2)cc1. The molecule has 0 saturated carbocycles. The van der Waals surface area contributed by atoms with Crippen LogP contribution in [0.15, 0.2) is 24.3 Å². The molecule has 0 N–H and O–H groups in total. The maximum atomic E-state index is 11.4. The topological polar surface area (TPSA) is 77.3 Å². The second-order valence-electron chi connectivity index (χ2n) is 4.41. The van der Waals surface area contributed by atoms with Gasteiger partial charge in [-0.2, -0.15) is 0 Å². The lowest BCUT2D eigenvalue weighted by molar-refractivity contribution is -0.384. The number of nitro groups is 1. The first-order chi connectivity index (χ1) is 8.39. The summed E-state index contributed by atoms with van der Waals surface area (Å²) in [5.41, 5.74) is 0.728. The molecule has 1 aromatic rings. The van der Waals surface area contributed by atoms with Gasteiger partial charge in [0.05, 0.1) is 21.8 Å². The Morgan fingerprint density at radius 2 is 1.94 bits per heavy atom. The summed E-state index contributed by atoms with van der Waals surface area (Å²) in [6.45, 7) is 0. The van der Waals surface area contributed by atoms with Crippen molar-refractivity contribution in [2.75, 3.05) is 11.5 Å². The average Bonchev–Trinajstić information content (AvgIpc) is 2.69. The zero-order chi connectivity index (χ0) is 13.3. The first-order valence-corrected chi connectivity index (χ1v) is 7.74. The van der Waals surface area contributed by atoms with Crippen molar-refractivity contribution < 1.29 is 13.3 Å². The molecule has 98 valence electrons. The molecule has 0 radical (unpaired) electrons. The van der Waals surface area contributed by atoms with Crippen LogP contribution in [0.3, 0.4) is 0 Å². The van der Waals surface area contributed by atoms with E-state index in [1.54, 1.807) is 12.1 Å². The number of rotatable bonds is 3. The standard InChI is InChI=1S/C11H12ClNO4S/c12-11(9-5-6-18(16,17)7-9)8-1-3-10(4-2-8)13(14)15/h1-4,9,11H,5-7H2. The van der Waals surface area contributed by atoms with E-state index in [1.165, 1.54) is 12.1 Å². The lowest BCUT2D eigenvalue weighted by Gasteiger charge is -2.15. The number of nitrogens with zero attached hydrogens (tertiary/aromatic N) is 1. The molecule has 0 aliphatic carbocycles. The van der Waals surface area contributed by atoms with Crippen LogP contribution in [0.25, 0.3) is 0 Å². The fourth-order valence-corrected chi connectivity index (χ4v) is 4.41. The lowest BCUT2D eigenvalue weighted by atomic mass is 9.98. The number of alkyl halides is 1. The summed E-state index contributed by atoms with van der Waals surface area (Å²) < 4.78 is 22.7. The largest absolute Gasteiger partial charge is 0.269 e. The molecular formula is C11H12ClNO4S. The van der Waals surface area contributed by atoms with E-state index in [9.17, 15) is 18.5 Å². The molecule has 18 heavy (non-hydrogen) atoms. The molecule has 2 unspecified atom stereocenters. The van der Waals surface area contributed by atoms with Crippen molar-refractivity contribution in [1.29, 1.82) is 0 Å². The molecule has 0 spiro atoms. The summed E-state index contributed by atoms with van der Waals surface area (Å²) in [7, 11) is -2.96. The molecule has 2 atom stereocenters. The van der Waals surface area contributed by atoms with Gasteiger partial charge in [0.1, 0.15) is 0 Å². The summed E-state index contributed by atoms with van der Waals surface area (Å²) in [5.74, 6) is 0.157. The van der Waals surface area contributed by atoms with E-state index in [4.69, 9.17) is 11.6 Å². The Hall–Kier alpha value is -1.14. The number of hydrogen-bond donors (Lipinski definition) is 0. The molecular weight excluding hydrogens is 278 g/mol. The third-order valence-corrected chi connectivity index (χ3v) is 5.51. The van der Waals surface area contributed by atoms with Gasteiger partial charge in [-0.05, 0) is 17.9 Å². The Morgan fingerprint density at radius 3 is 2.39 bits per heavy atom. The molecule has 5 nitrogen and oxygen atoms in total. The van der Waals surface area contributed by atoms with Gasteiger partial charge < -0.3 is 0 Å². The number of sulfone groups is 1. The van der Waals surface area contributed by atoms with Crippen LogP contribution in [0, 0.1) is 16.0 Å². The van der Waals surface area contributed by atoms with Gasteiger partial charge in [-0.3, -0.25) is 10.1 Å². The van der Waals surface area contributed by atoms with Crippen molar-refractivity contribution in [2.45, 2.75) is 11.8 Å². The minimum atomic E-state index is -2.96. The normalized spacial score (nSPS) is 23.7. The van der Waals surface area contributed by atoms with Gasteiger partial charge >= 0.3 is 0 Å². The molecule has 2 rings (SSSR count). The fourth-order valence-electron chi connectivity index (χ4n) is 2.11. The number of halogens is 1. The van der Waals surface area contributed by atoms with Crippen molar-refractivity contribution in [3.05, 3.63) is 39.9 Å². The summed E-state index contributed by atoms with van der Waals surface area (Å²) in [5, 5.41) is 10.1. The molecule has 1 aromatic carbocycles. The van der Waals surface area contributed by atoms with Crippen LogP contribution in [-0.2, 0) is 9.84 Å². The predicted octanol–water partition coefficient (Wildman–Crippen LogP) is 2.31. The maximum Gasteiger partial charge on any atom is 0.269 e. The third kappa shape index (κ3) is 2.81. The Labute approximate surface area is 110 Å². The van der Waals surface area contributed by atoms with E-state index in [2.05, 4.69) is 0 Å². The first-order valence-electron chi connectivity index (χ1n) is 5.48. The second-order valence-corrected chi connectivity index (χ2v) is 7.11. The Morgan fingerprint density at radius 1 is 1.33 bits per heavy atom. The van der Waals surface area contributed by atoms with Gasteiger partial charge in [0.15, 0.2) is 9.84 Å². The van der Waals surface area contributed by atoms with Crippen LogP contribution in [-0.4, -0.2) is 24.8 Å². The van der Waals surface area contributed by atoms with E-state index in [-0.39, 0.29) is 23.1 Å². The predicted molar refractivity (Wildman–Crippen MR) is 68.5 cm³/mol. The Kier molecular flexibility index (Phi) is 3.59. The van der Waals surface area contributed by atoms with Gasteiger partial charge in [-0.15, -0.1) is 11.6 Å². The van der Waals surface area contributed by atoms with Crippen molar-refractivity contribution in [3.8, 4) is 0 Å². The maximum absolute atomic E-state index is 11.4. The molecule has 0 aromatic heterocycles. The van der Waals surface area contributed by atoms with Gasteiger partial charge in [0.25, 0.3) is 5.69 Å². The molecule has 0 amide bonds. The molecule has 1 saturated heterocycles. The van der Waals surface area contributed by atoms with Crippen molar-refractivity contribution in [2.24, 2.45) is 5.92 Å². The van der Waals surface area contributed by atoms with Crippen molar-refractivity contribution in [3.63, 3.8) is 0 Å². The molecule has 7 heteroatoms. The third-order valence-electron chi connectivity index (χ3n) is 3.10. The summed E-state index contributed by atoms with van der Waals surface area (Å²) in [4.78, 5) is 10.0. The summed E-state index contributed by atoms with van der Waals surface area (Å²) in [6.07, 6.45) is 0.549. The van der Waals surface area contributed by atoms with Gasteiger partial charge in [0.2, 0.25) is 0 Å². The second kappa shape index (κ2) is 4.85. The molecule has 1 aliphatic heterocycles. The van der Waals surface area contributed by atoms with Gasteiger partial charge in [-0.25, -0.2) is 8.42 Å². The van der Waals surface area contributed by atoms with Crippen LogP contribution < -0.4 is 0 Å². The molecule has 0 bridgehead atoms. The van der Waals surface area contributed by atoms with E-state index in [1.807, 2.05) is 0 Å². The smallest absolute Gasteiger partial charge is 0.258 e. The Bertz CT molecular complexity index is 555. The zero-order valence-electron chi connectivity index (χ0n) is 9.45. The number of non-ortho nitro benzene ring substituents is 1. The molecule has 1 heterocycles. The number of benzene rings is 1. The number of nitro benzene ring substituents is 1. The van der Waals surface area contributed by atoms with E-state index in [0.29, 0.717) is 6.42 Å². The quantitative estimate of drug-likeness (QED) is 0.486. The van der Waals surface area contributed by atoms with Gasteiger partial charge in [-0.1, -0.05) is 12.1 Å². The van der Waals surface area contributed by atoms with Crippen molar-refractivity contribution >= 4 is 27.1 Å². The molecule has 1 fully saturated rings.